The summed E-state index contributed by atoms with van der Waals surface area (Å²) in [6.45, 7) is 1.39. The lowest BCUT2D eigenvalue weighted by Crippen LogP contribution is -2.03. The summed E-state index contributed by atoms with van der Waals surface area (Å²) in [6.07, 6.45) is 0. The molecule has 3 nitrogen and oxygen atoms in total. The van der Waals surface area contributed by atoms with Gasteiger partial charge in [0.2, 0.25) is 0 Å². The molecule has 2 N–H and O–H groups in total. The number of nitrogen functional groups attached to an aromatic ring is 1. The number of nitriles is 1. The lowest BCUT2D eigenvalue weighted by Gasteiger charge is -2.05. The second kappa shape index (κ2) is 3.58. The lowest BCUT2D eigenvalue weighted by atomic mass is 10.0. The Morgan fingerprint density at radius 2 is 2.23 bits per heavy atom. The molecule has 4 heteroatoms. The number of carbonyl (C=O) groups is 1. The van der Waals surface area contributed by atoms with Crippen molar-refractivity contribution in [1.29, 1.82) is 5.26 Å². The average Bonchev–Trinajstić information content (AvgIpc) is 2.07. The summed E-state index contributed by atoms with van der Waals surface area (Å²) >= 11 is 3.18. The third kappa shape index (κ3) is 1.70. The Kier molecular flexibility index (Phi) is 2.69. The Morgan fingerprint density at radius 3 is 2.62 bits per heavy atom. The number of nitrogens with two attached hydrogens (primary N) is 1. The number of ketones is 1. The van der Waals surface area contributed by atoms with Crippen LogP contribution in [0.5, 0.6) is 0 Å². The third-order valence-corrected chi connectivity index (χ3v) is 2.31. The lowest BCUT2D eigenvalue weighted by molar-refractivity contribution is 0.101. The number of carbonyl (C=O) groups excluding carboxylic acids is 1. The van der Waals surface area contributed by atoms with Crippen LogP contribution < -0.4 is 5.73 Å². The first kappa shape index (κ1) is 9.75. The maximum Gasteiger partial charge on any atom is 0.163 e. The van der Waals surface area contributed by atoms with Gasteiger partial charge in [0.15, 0.2) is 5.78 Å². The van der Waals surface area contributed by atoms with Gasteiger partial charge in [-0.2, -0.15) is 5.26 Å². The van der Waals surface area contributed by atoms with E-state index in [2.05, 4.69) is 15.9 Å². The summed E-state index contributed by atoms with van der Waals surface area (Å²) in [5, 5.41) is 8.78. The van der Waals surface area contributed by atoms with Crippen molar-refractivity contribution in [2.45, 2.75) is 6.92 Å². The molecule has 0 saturated heterocycles. The molecule has 0 amide bonds. The largest absolute Gasteiger partial charge is 0.398 e. The van der Waals surface area contributed by atoms with Crippen LogP contribution in [-0.4, -0.2) is 5.78 Å². The van der Waals surface area contributed by atoms with Crippen LogP contribution >= 0.6 is 15.9 Å². The van der Waals surface area contributed by atoms with Crippen molar-refractivity contribution in [3.05, 3.63) is 27.7 Å². The first-order valence-corrected chi connectivity index (χ1v) is 4.36. The molecule has 1 rings (SSSR count). The minimum Gasteiger partial charge on any atom is -0.398 e. The number of hydrogen-bond acceptors (Lipinski definition) is 3. The standard InChI is InChI=1S/C9H7BrN2O/c1-5(13)9-6(4-11)7(10)2-3-8(9)12/h2-3H,12H2,1H3. The minimum atomic E-state index is -0.199. The quantitative estimate of drug-likeness (QED) is 0.602. The molecule has 0 aliphatic rings. The highest BCUT2D eigenvalue weighted by Crippen LogP contribution is 2.25. The minimum absolute atomic E-state index is 0.199. The summed E-state index contributed by atoms with van der Waals surface area (Å²) in [5.74, 6) is -0.199. The fraction of sp³-hybridized carbons (Fsp3) is 0.111. The van der Waals surface area contributed by atoms with Crippen LogP contribution in [0.4, 0.5) is 5.69 Å². The molecule has 0 saturated carbocycles. The molecule has 0 unspecified atom stereocenters. The monoisotopic (exact) mass is 238 g/mol. The smallest absolute Gasteiger partial charge is 0.163 e. The maximum atomic E-state index is 11.1. The fourth-order valence-electron chi connectivity index (χ4n) is 1.08. The van der Waals surface area contributed by atoms with Gasteiger partial charge in [0.25, 0.3) is 0 Å². The van der Waals surface area contributed by atoms with E-state index < -0.39 is 0 Å². The Hall–Kier alpha value is -1.34. The van der Waals surface area contributed by atoms with E-state index in [-0.39, 0.29) is 11.3 Å². The fourth-order valence-corrected chi connectivity index (χ4v) is 1.50. The molecule has 1 aromatic carbocycles. The van der Waals surface area contributed by atoms with Crippen LogP contribution in [0.2, 0.25) is 0 Å². The number of Topliss-reactive ketones (excluding diaryl/α,β-unsaturated/α-hetero) is 1. The molecule has 0 spiro atoms. The molecule has 13 heavy (non-hydrogen) atoms. The summed E-state index contributed by atoms with van der Waals surface area (Å²) < 4.78 is 0.592. The van der Waals surface area contributed by atoms with Crippen molar-refractivity contribution in [3.8, 4) is 6.07 Å². The van der Waals surface area contributed by atoms with Crippen molar-refractivity contribution in [2.75, 3.05) is 5.73 Å². The van der Waals surface area contributed by atoms with Gasteiger partial charge in [0.1, 0.15) is 6.07 Å². The molecule has 0 radical (unpaired) electrons. The van der Waals surface area contributed by atoms with Crippen molar-refractivity contribution >= 4 is 27.4 Å². The van der Waals surface area contributed by atoms with Gasteiger partial charge >= 0.3 is 0 Å². The highest BCUT2D eigenvalue weighted by Gasteiger charge is 2.13. The van der Waals surface area contributed by atoms with Gasteiger partial charge in [-0.25, -0.2) is 0 Å². The van der Waals surface area contributed by atoms with Crippen molar-refractivity contribution in [1.82, 2.24) is 0 Å². The summed E-state index contributed by atoms with van der Waals surface area (Å²) in [7, 11) is 0. The van der Waals surface area contributed by atoms with Crippen LogP contribution in [0.25, 0.3) is 0 Å². The first-order valence-electron chi connectivity index (χ1n) is 3.57. The predicted molar refractivity (Wildman–Crippen MR) is 53.3 cm³/mol. The molecule has 0 heterocycles. The Morgan fingerprint density at radius 1 is 1.62 bits per heavy atom. The van der Waals surface area contributed by atoms with E-state index in [1.165, 1.54) is 6.92 Å². The van der Waals surface area contributed by atoms with Gasteiger partial charge < -0.3 is 5.73 Å². The van der Waals surface area contributed by atoms with Gasteiger partial charge in [-0.15, -0.1) is 0 Å². The van der Waals surface area contributed by atoms with Crippen LogP contribution in [0.3, 0.4) is 0 Å². The molecule has 0 fully saturated rings. The Bertz CT molecular complexity index is 407. The predicted octanol–water partition coefficient (Wildman–Crippen LogP) is 2.11. The molecule has 1 aromatic rings. The van der Waals surface area contributed by atoms with Crippen molar-refractivity contribution in [3.63, 3.8) is 0 Å². The van der Waals surface area contributed by atoms with Gasteiger partial charge in [-0.1, -0.05) is 0 Å². The van der Waals surface area contributed by atoms with Gasteiger partial charge in [0.05, 0.1) is 11.1 Å². The second-order valence-electron chi connectivity index (χ2n) is 2.55. The number of anilines is 1. The summed E-state index contributed by atoms with van der Waals surface area (Å²) in [5.41, 5.74) is 6.50. The zero-order valence-corrected chi connectivity index (χ0v) is 8.55. The number of nitrogens with zero attached hydrogens (tertiary/aromatic N) is 1. The third-order valence-electron chi connectivity index (χ3n) is 1.65. The summed E-state index contributed by atoms with van der Waals surface area (Å²) in [4.78, 5) is 11.1. The topological polar surface area (TPSA) is 66.9 Å². The van der Waals surface area contributed by atoms with E-state index in [0.717, 1.165) is 0 Å². The molecular formula is C9H7BrN2O. The van der Waals surface area contributed by atoms with E-state index in [4.69, 9.17) is 11.0 Å². The molecule has 0 aliphatic carbocycles. The number of halogens is 1. The molecule has 0 aliphatic heterocycles. The number of rotatable bonds is 1. The highest BCUT2D eigenvalue weighted by molar-refractivity contribution is 9.10. The van der Waals surface area contributed by atoms with Crippen LogP contribution in [-0.2, 0) is 0 Å². The van der Waals surface area contributed by atoms with E-state index >= 15 is 0 Å². The Labute approximate surface area is 84.3 Å². The maximum absolute atomic E-state index is 11.1. The summed E-state index contributed by atoms with van der Waals surface area (Å²) in [6, 6.07) is 5.19. The van der Waals surface area contributed by atoms with Gasteiger partial charge in [0, 0.05) is 10.2 Å². The van der Waals surface area contributed by atoms with Gasteiger partial charge in [-0.3, -0.25) is 4.79 Å². The average molecular weight is 239 g/mol. The number of hydrogen-bond donors (Lipinski definition) is 1. The van der Waals surface area contributed by atoms with Crippen LogP contribution in [0, 0.1) is 11.3 Å². The van der Waals surface area contributed by atoms with E-state index in [9.17, 15) is 4.79 Å². The van der Waals surface area contributed by atoms with Crippen LogP contribution in [0.15, 0.2) is 16.6 Å². The first-order chi connectivity index (χ1) is 6.07. The second-order valence-corrected chi connectivity index (χ2v) is 3.41. The molecule has 66 valence electrons. The van der Waals surface area contributed by atoms with Gasteiger partial charge in [-0.05, 0) is 35.0 Å². The van der Waals surface area contributed by atoms with E-state index in [0.29, 0.717) is 15.7 Å². The number of benzene rings is 1. The van der Waals surface area contributed by atoms with Crippen molar-refractivity contribution in [2.24, 2.45) is 0 Å². The molecular weight excluding hydrogens is 232 g/mol. The van der Waals surface area contributed by atoms with E-state index in [1.54, 1.807) is 12.1 Å². The van der Waals surface area contributed by atoms with E-state index in [1.807, 2.05) is 6.07 Å². The normalized spacial score (nSPS) is 9.31. The molecule has 0 bridgehead atoms. The zero-order chi connectivity index (χ0) is 10.0. The molecule has 0 aromatic heterocycles. The Balaban J connectivity index is 3.55. The SMILES string of the molecule is CC(=O)c1c(N)ccc(Br)c1C#N. The van der Waals surface area contributed by atoms with Crippen molar-refractivity contribution < 1.29 is 4.79 Å². The van der Waals surface area contributed by atoms with Crippen LogP contribution in [0.1, 0.15) is 22.8 Å². The zero-order valence-electron chi connectivity index (χ0n) is 6.97. The molecule has 0 atom stereocenters. The highest BCUT2D eigenvalue weighted by atomic mass is 79.9.